The summed E-state index contributed by atoms with van der Waals surface area (Å²) in [5.41, 5.74) is 0.736. The normalized spacial score (nSPS) is 11.7. The summed E-state index contributed by atoms with van der Waals surface area (Å²) in [5, 5.41) is 11.0. The van der Waals surface area contributed by atoms with Gasteiger partial charge in [-0.2, -0.15) is 0 Å². The number of carboxylic acids is 1. The van der Waals surface area contributed by atoms with Crippen molar-refractivity contribution < 1.29 is 19.4 Å². The zero-order chi connectivity index (χ0) is 13.5. The zero-order valence-corrected chi connectivity index (χ0v) is 10.2. The van der Waals surface area contributed by atoms with Gasteiger partial charge in [-0.1, -0.05) is 0 Å². The van der Waals surface area contributed by atoms with E-state index in [9.17, 15) is 9.59 Å². The molecule has 7 heteroatoms. The molecule has 0 saturated carbocycles. The summed E-state index contributed by atoms with van der Waals surface area (Å²) >= 11 is 0. The molecular formula is C11H15N3O4. The maximum atomic E-state index is 11.4. The zero-order valence-electron chi connectivity index (χ0n) is 10.2. The first-order valence-electron chi connectivity index (χ1n) is 5.40. The number of hydrogen-bond donors (Lipinski definition) is 2. The molecule has 1 aromatic heterocycles. The number of nitrogens with zero attached hydrogens (tertiary/aromatic N) is 2. The van der Waals surface area contributed by atoms with E-state index in [0.717, 1.165) is 5.69 Å². The van der Waals surface area contributed by atoms with Crippen LogP contribution in [0, 0.1) is 6.92 Å². The van der Waals surface area contributed by atoms with Gasteiger partial charge in [-0.3, -0.25) is 9.59 Å². The van der Waals surface area contributed by atoms with Crippen molar-refractivity contribution >= 4 is 11.9 Å². The predicted molar refractivity (Wildman–Crippen MR) is 62.1 cm³/mol. The topological polar surface area (TPSA) is 101 Å². The standard InChI is InChI=1S/C11H15N3O4/c1-7-3-10(13-6-12-7)18-5-9(15)14-8(2)4-11(16)17/h3,6,8H,4-5H2,1-2H3,(H,14,15)(H,16,17). The quantitative estimate of drug-likeness (QED) is 0.748. The van der Waals surface area contributed by atoms with Crippen molar-refractivity contribution in [1.82, 2.24) is 15.3 Å². The number of carbonyl (C=O) groups is 2. The van der Waals surface area contributed by atoms with Crippen LogP contribution in [-0.4, -0.2) is 39.6 Å². The Kier molecular flexibility index (Phi) is 5.04. The number of aliphatic carboxylic acids is 1. The Balaban J connectivity index is 2.35. The molecule has 0 saturated heterocycles. The summed E-state index contributed by atoms with van der Waals surface area (Å²) in [5.74, 6) is -1.04. The molecule has 1 rings (SSSR count). The molecule has 2 N–H and O–H groups in total. The van der Waals surface area contributed by atoms with Crippen molar-refractivity contribution in [3.8, 4) is 5.88 Å². The lowest BCUT2D eigenvalue weighted by Crippen LogP contribution is -2.37. The first-order valence-corrected chi connectivity index (χ1v) is 5.40. The van der Waals surface area contributed by atoms with Crippen LogP contribution < -0.4 is 10.1 Å². The molecule has 0 spiro atoms. The van der Waals surface area contributed by atoms with Crippen molar-refractivity contribution in [2.45, 2.75) is 26.3 Å². The Morgan fingerprint density at radius 2 is 2.22 bits per heavy atom. The Morgan fingerprint density at radius 1 is 1.50 bits per heavy atom. The summed E-state index contributed by atoms with van der Waals surface area (Å²) in [4.78, 5) is 29.6. The van der Waals surface area contributed by atoms with Crippen LogP contribution >= 0.6 is 0 Å². The number of carboxylic acid groups (broad SMARTS) is 1. The van der Waals surface area contributed by atoms with Gasteiger partial charge in [0.1, 0.15) is 6.33 Å². The van der Waals surface area contributed by atoms with Crippen LogP contribution in [0.3, 0.4) is 0 Å². The third-order valence-corrected chi connectivity index (χ3v) is 2.02. The number of aryl methyl sites for hydroxylation is 1. The maximum Gasteiger partial charge on any atom is 0.305 e. The smallest absolute Gasteiger partial charge is 0.305 e. The van der Waals surface area contributed by atoms with Gasteiger partial charge in [-0.25, -0.2) is 9.97 Å². The fourth-order valence-corrected chi connectivity index (χ4v) is 1.28. The molecule has 0 aliphatic heterocycles. The number of nitrogens with one attached hydrogen (secondary N) is 1. The van der Waals surface area contributed by atoms with E-state index in [0.29, 0.717) is 5.88 Å². The lowest BCUT2D eigenvalue weighted by Gasteiger charge is -2.11. The highest BCUT2D eigenvalue weighted by Gasteiger charge is 2.11. The van der Waals surface area contributed by atoms with E-state index in [-0.39, 0.29) is 18.9 Å². The van der Waals surface area contributed by atoms with Gasteiger partial charge in [-0.15, -0.1) is 0 Å². The van der Waals surface area contributed by atoms with Crippen LogP contribution in [0.2, 0.25) is 0 Å². The van der Waals surface area contributed by atoms with E-state index in [1.165, 1.54) is 6.33 Å². The average molecular weight is 253 g/mol. The Morgan fingerprint density at radius 3 is 2.83 bits per heavy atom. The van der Waals surface area contributed by atoms with Gasteiger partial charge in [0, 0.05) is 17.8 Å². The van der Waals surface area contributed by atoms with Gasteiger partial charge in [0.2, 0.25) is 5.88 Å². The minimum absolute atomic E-state index is 0.127. The van der Waals surface area contributed by atoms with Crippen LogP contribution in [0.25, 0.3) is 0 Å². The molecular weight excluding hydrogens is 238 g/mol. The van der Waals surface area contributed by atoms with Crippen molar-refractivity contribution in [2.75, 3.05) is 6.61 Å². The maximum absolute atomic E-state index is 11.4. The molecule has 0 aliphatic carbocycles. The summed E-state index contributed by atoms with van der Waals surface area (Å²) in [7, 11) is 0. The van der Waals surface area contributed by atoms with E-state index in [1.54, 1.807) is 19.9 Å². The van der Waals surface area contributed by atoms with Crippen LogP contribution in [0.15, 0.2) is 12.4 Å². The van der Waals surface area contributed by atoms with Crippen molar-refractivity contribution in [1.29, 1.82) is 0 Å². The lowest BCUT2D eigenvalue weighted by molar-refractivity contribution is -0.137. The van der Waals surface area contributed by atoms with Gasteiger partial charge in [0.05, 0.1) is 6.42 Å². The molecule has 0 fully saturated rings. The lowest BCUT2D eigenvalue weighted by atomic mass is 10.2. The predicted octanol–water partition coefficient (Wildman–Crippen LogP) is 0.143. The van der Waals surface area contributed by atoms with E-state index in [1.807, 2.05) is 0 Å². The molecule has 1 aromatic rings. The molecule has 1 heterocycles. The monoisotopic (exact) mass is 253 g/mol. The second-order valence-corrected chi connectivity index (χ2v) is 3.85. The SMILES string of the molecule is Cc1cc(OCC(=O)NC(C)CC(=O)O)ncn1. The molecule has 18 heavy (non-hydrogen) atoms. The highest BCUT2D eigenvalue weighted by molar-refractivity contribution is 5.78. The molecule has 7 nitrogen and oxygen atoms in total. The summed E-state index contributed by atoms with van der Waals surface area (Å²) in [6, 6.07) is 1.17. The molecule has 0 aromatic carbocycles. The fourth-order valence-electron chi connectivity index (χ4n) is 1.28. The fraction of sp³-hybridized carbons (Fsp3) is 0.455. The summed E-state index contributed by atoms with van der Waals surface area (Å²) in [6.45, 7) is 3.19. The van der Waals surface area contributed by atoms with E-state index in [2.05, 4.69) is 15.3 Å². The van der Waals surface area contributed by atoms with Crippen LogP contribution in [-0.2, 0) is 9.59 Å². The summed E-state index contributed by atoms with van der Waals surface area (Å²) in [6.07, 6.45) is 1.22. The number of amides is 1. The molecule has 0 bridgehead atoms. The summed E-state index contributed by atoms with van der Waals surface area (Å²) < 4.78 is 5.14. The van der Waals surface area contributed by atoms with Crippen LogP contribution in [0.1, 0.15) is 19.0 Å². The molecule has 1 amide bonds. The molecule has 0 aliphatic rings. The van der Waals surface area contributed by atoms with Crippen LogP contribution in [0.5, 0.6) is 5.88 Å². The second kappa shape index (κ2) is 6.53. The van der Waals surface area contributed by atoms with Crippen molar-refractivity contribution in [3.05, 3.63) is 18.1 Å². The van der Waals surface area contributed by atoms with E-state index >= 15 is 0 Å². The van der Waals surface area contributed by atoms with Gasteiger partial charge in [-0.05, 0) is 13.8 Å². The minimum atomic E-state index is -0.963. The molecule has 1 atom stereocenters. The first-order chi connectivity index (χ1) is 8.47. The van der Waals surface area contributed by atoms with Gasteiger partial charge in [0.25, 0.3) is 5.91 Å². The Bertz CT molecular complexity index is 436. The molecule has 0 radical (unpaired) electrons. The Labute approximate surface area is 104 Å². The number of aromatic nitrogens is 2. The first kappa shape index (κ1) is 13.9. The van der Waals surface area contributed by atoms with Crippen LogP contribution in [0.4, 0.5) is 0 Å². The van der Waals surface area contributed by atoms with E-state index < -0.39 is 12.0 Å². The molecule has 1 unspecified atom stereocenters. The highest BCUT2D eigenvalue weighted by Crippen LogP contribution is 2.05. The Hall–Kier alpha value is -2.18. The average Bonchev–Trinajstić information content (AvgIpc) is 2.25. The number of ether oxygens (including phenoxy) is 1. The largest absolute Gasteiger partial charge is 0.481 e. The third-order valence-electron chi connectivity index (χ3n) is 2.02. The van der Waals surface area contributed by atoms with Gasteiger partial charge < -0.3 is 15.2 Å². The molecule has 98 valence electrons. The van der Waals surface area contributed by atoms with Gasteiger partial charge in [0.15, 0.2) is 6.61 Å². The number of rotatable bonds is 6. The highest BCUT2D eigenvalue weighted by atomic mass is 16.5. The van der Waals surface area contributed by atoms with E-state index in [4.69, 9.17) is 9.84 Å². The minimum Gasteiger partial charge on any atom is -0.481 e. The van der Waals surface area contributed by atoms with Crippen molar-refractivity contribution in [3.63, 3.8) is 0 Å². The van der Waals surface area contributed by atoms with Gasteiger partial charge >= 0.3 is 5.97 Å². The third kappa shape index (κ3) is 5.24. The second-order valence-electron chi connectivity index (χ2n) is 3.85. The number of carbonyl (C=O) groups excluding carboxylic acids is 1. The number of hydrogen-bond acceptors (Lipinski definition) is 5. The van der Waals surface area contributed by atoms with Crippen molar-refractivity contribution in [2.24, 2.45) is 0 Å².